The lowest BCUT2D eigenvalue weighted by Crippen LogP contribution is -2.33. The second-order valence-electron chi connectivity index (χ2n) is 4.47. The van der Waals surface area contributed by atoms with Gasteiger partial charge < -0.3 is 10.1 Å². The zero-order valence-electron chi connectivity index (χ0n) is 9.33. The van der Waals surface area contributed by atoms with Crippen LogP contribution in [0, 0.1) is 0 Å². The fraction of sp³-hybridized carbons (Fsp3) is 0.538. The van der Waals surface area contributed by atoms with Crippen LogP contribution in [0.5, 0.6) is 5.75 Å². The third-order valence-electron chi connectivity index (χ3n) is 3.00. The lowest BCUT2D eigenvalue weighted by atomic mass is 9.97. The summed E-state index contributed by atoms with van der Waals surface area (Å²) in [5.41, 5.74) is 0.00481. The first-order chi connectivity index (χ1) is 7.29. The molecule has 2 heteroatoms. The van der Waals surface area contributed by atoms with E-state index in [2.05, 4.69) is 12.2 Å². The fourth-order valence-electron chi connectivity index (χ4n) is 2.07. The van der Waals surface area contributed by atoms with Gasteiger partial charge in [0.15, 0.2) is 0 Å². The van der Waals surface area contributed by atoms with Gasteiger partial charge in [-0.15, -0.1) is 0 Å². The molecule has 0 amide bonds. The lowest BCUT2D eigenvalue weighted by Gasteiger charge is -2.29. The molecule has 1 N–H and O–H groups in total. The van der Waals surface area contributed by atoms with E-state index < -0.39 is 0 Å². The highest BCUT2D eigenvalue weighted by molar-refractivity contribution is 5.22. The number of hydrogen-bond donors (Lipinski definition) is 1. The molecule has 1 aromatic rings. The van der Waals surface area contributed by atoms with Gasteiger partial charge in [0.25, 0.3) is 0 Å². The SMILES string of the molecule is CC1(Oc2ccccc2)CCCNCC1. The van der Waals surface area contributed by atoms with Crippen LogP contribution in [0.25, 0.3) is 0 Å². The van der Waals surface area contributed by atoms with Crippen molar-refractivity contribution in [2.45, 2.75) is 31.8 Å². The summed E-state index contributed by atoms with van der Waals surface area (Å²) in [6.07, 6.45) is 3.42. The van der Waals surface area contributed by atoms with Crippen molar-refractivity contribution in [2.24, 2.45) is 0 Å². The molecule has 0 aliphatic carbocycles. The van der Waals surface area contributed by atoms with Gasteiger partial charge in [-0.2, -0.15) is 0 Å². The van der Waals surface area contributed by atoms with Gasteiger partial charge in [-0.25, -0.2) is 0 Å². The van der Waals surface area contributed by atoms with Gasteiger partial charge in [-0.3, -0.25) is 0 Å². The summed E-state index contributed by atoms with van der Waals surface area (Å²) >= 11 is 0. The summed E-state index contributed by atoms with van der Waals surface area (Å²) in [4.78, 5) is 0. The molecule has 82 valence electrons. The third kappa shape index (κ3) is 2.96. The van der Waals surface area contributed by atoms with Gasteiger partial charge >= 0.3 is 0 Å². The third-order valence-corrected chi connectivity index (χ3v) is 3.00. The molecule has 2 nitrogen and oxygen atoms in total. The maximum absolute atomic E-state index is 6.08. The Hall–Kier alpha value is -1.02. The van der Waals surface area contributed by atoms with E-state index in [4.69, 9.17) is 4.74 Å². The van der Waals surface area contributed by atoms with Crippen molar-refractivity contribution in [3.8, 4) is 5.75 Å². The second-order valence-corrected chi connectivity index (χ2v) is 4.47. The van der Waals surface area contributed by atoms with Crippen LogP contribution in [-0.2, 0) is 0 Å². The molecule has 0 bridgehead atoms. The fourth-order valence-corrected chi connectivity index (χ4v) is 2.07. The van der Waals surface area contributed by atoms with Crippen LogP contribution in [-0.4, -0.2) is 18.7 Å². The van der Waals surface area contributed by atoms with Crippen LogP contribution < -0.4 is 10.1 Å². The van der Waals surface area contributed by atoms with Crippen molar-refractivity contribution in [2.75, 3.05) is 13.1 Å². The highest BCUT2D eigenvalue weighted by atomic mass is 16.5. The smallest absolute Gasteiger partial charge is 0.120 e. The molecule has 1 saturated heterocycles. The van der Waals surface area contributed by atoms with Crippen LogP contribution >= 0.6 is 0 Å². The Morgan fingerprint density at radius 3 is 2.73 bits per heavy atom. The Labute approximate surface area is 91.6 Å². The normalized spacial score (nSPS) is 27.0. The van der Waals surface area contributed by atoms with E-state index in [-0.39, 0.29) is 5.60 Å². The minimum absolute atomic E-state index is 0.00481. The van der Waals surface area contributed by atoms with Gasteiger partial charge in [0.05, 0.1) is 0 Å². The highest BCUT2D eigenvalue weighted by Crippen LogP contribution is 2.26. The number of para-hydroxylation sites is 1. The predicted octanol–water partition coefficient (Wildman–Crippen LogP) is 2.60. The summed E-state index contributed by atoms with van der Waals surface area (Å²) in [6, 6.07) is 10.1. The Morgan fingerprint density at radius 2 is 1.93 bits per heavy atom. The number of ether oxygens (including phenoxy) is 1. The van der Waals surface area contributed by atoms with E-state index in [9.17, 15) is 0 Å². The van der Waals surface area contributed by atoms with Gasteiger partial charge in [-0.05, 0) is 51.4 Å². The highest BCUT2D eigenvalue weighted by Gasteiger charge is 2.27. The summed E-state index contributed by atoms with van der Waals surface area (Å²) in [5, 5.41) is 3.41. The van der Waals surface area contributed by atoms with Crippen LogP contribution in [0.15, 0.2) is 30.3 Å². The second kappa shape index (κ2) is 4.67. The van der Waals surface area contributed by atoms with Crippen molar-refractivity contribution in [3.05, 3.63) is 30.3 Å². The van der Waals surface area contributed by atoms with E-state index in [1.54, 1.807) is 0 Å². The standard InChI is InChI=1S/C13H19NO/c1-13(8-5-10-14-11-9-13)15-12-6-3-2-4-7-12/h2-4,6-7,14H,5,8-11H2,1H3. The molecule has 1 aliphatic heterocycles. The number of rotatable bonds is 2. The molecule has 1 heterocycles. The van der Waals surface area contributed by atoms with Gasteiger partial charge in [0, 0.05) is 0 Å². The van der Waals surface area contributed by atoms with Crippen molar-refractivity contribution < 1.29 is 4.74 Å². The topological polar surface area (TPSA) is 21.3 Å². The average molecular weight is 205 g/mol. The average Bonchev–Trinajstić information content (AvgIpc) is 2.45. The van der Waals surface area contributed by atoms with Gasteiger partial charge in [-0.1, -0.05) is 18.2 Å². The minimum atomic E-state index is 0.00481. The van der Waals surface area contributed by atoms with Crippen LogP contribution in [0.2, 0.25) is 0 Å². The van der Waals surface area contributed by atoms with E-state index in [1.165, 1.54) is 6.42 Å². The van der Waals surface area contributed by atoms with E-state index in [0.717, 1.165) is 31.7 Å². The quantitative estimate of drug-likeness (QED) is 0.801. The van der Waals surface area contributed by atoms with Crippen molar-refractivity contribution in [1.29, 1.82) is 0 Å². The molecule has 0 saturated carbocycles. The summed E-state index contributed by atoms with van der Waals surface area (Å²) in [6.45, 7) is 4.39. The Morgan fingerprint density at radius 1 is 1.13 bits per heavy atom. The molecule has 1 aliphatic rings. The summed E-state index contributed by atoms with van der Waals surface area (Å²) in [7, 11) is 0. The molecule has 0 aromatic heterocycles. The van der Waals surface area contributed by atoms with Gasteiger partial charge in [0.2, 0.25) is 0 Å². The first-order valence-corrected chi connectivity index (χ1v) is 5.73. The lowest BCUT2D eigenvalue weighted by molar-refractivity contribution is 0.0756. The molecular weight excluding hydrogens is 186 g/mol. The molecule has 15 heavy (non-hydrogen) atoms. The Balaban J connectivity index is 2.02. The van der Waals surface area contributed by atoms with Crippen molar-refractivity contribution in [3.63, 3.8) is 0 Å². The maximum Gasteiger partial charge on any atom is 0.120 e. The van der Waals surface area contributed by atoms with Crippen LogP contribution in [0.1, 0.15) is 26.2 Å². The predicted molar refractivity (Wildman–Crippen MR) is 62.2 cm³/mol. The zero-order chi connectivity index (χ0) is 10.6. The first-order valence-electron chi connectivity index (χ1n) is 5.73. The monoisotopic (exact) mass is 205 g/mol. The molecule has 1 aromatic carbocycles. The molecular formula is C13H19NO. The van der Waals surface area contributed by atoms with Crippen molar-refractivity contribution in [1.82, 2.24) is 5.32 Å². The molecule has 0 radical (unpaired) electrons. The Bertz CT molecular complexity index is 289. The molecule has 2 rings (SSSR count). The number of benzene rings is 1. The van der Waals surface area contributed by atoms with E-state index >= 15 is 0 Å². The molecule has 1 unspecified atom stereocenters. The summed E-state index contributed by atoms with van der Waals surface area (Å²) in [5.74, 6) is 0.988. The maximum atomic E-state index is 6.08. The number of nitrogens with one attached hydrogen (secondary N) is 1. The van der Waals surface area contributed by atoms with Crippen LogP contribution in [0.3, 0.4) is 0 Å². The van der Waals surface area contributed by atoms with Crippen LogP contribution in [0.4, 0.5) is 0 Å². The molecule has 1 fully saturated rings. The molecule has 1 atom stereocenters. The number of hydrogen-bond acceptors (Lipinski definition) is 2. The molecule has 0 spiro atoms. The van der Waals surface area contributed by atoms with Crippen molar-refractivity contribution >= 4 is 0 Å². The van der Waals surface area contributed by atoms with Gasteiger partial charge in [0.1, 0.15) is 11.4 Å². The Kier molecular flexibility index (Phi) is 3.27. The first kappa shape index (κ1) is 10.5. The van der Waals surface area contributed by atoms with E-state index in [1.807, 2.05) is 30.3 Å². The zero-order valence-corrected chi connectivity index (χ0v) is 9.33. The van der Waals surface area contributed by atoms with E-state index in [0.29, 0.717) is 0 Å². The summed E-state index contributed by atoms with van der Waals surface area (Å²) < 4.78 is 6.08. The largest absolute Gasteiger partial charge is 0.488 e. The minimum Gasteiger partial charge on any atom is -0.488 e.